The van der Waals surface area contributed by atoms with Crippen molar-refractivity contribution in [3.63, 3.8) is 0 Å². The summed E-state index contributed by atoms with van der Waals surface area (Å²) >= 11 is 0. The van der Waals surface area contributed by atoms with Crippen LogP contribution in [0, 0.1) is 5.41 Å². The van der Waals surface area contributed by atoms with Gasteiger partial charge in [0.25, 0.3) is 0 Å². The molecule has 2 aromatic heterocycles. The number of pyridine rings is 2. The molecule has 0 aliphatic carbocycles. The molecular weight excluding hydrogens is 585 g/mol. The van der Waals surface area contributed by atoms with E-state index in [4.69, 9.17) is 4.74 Å². The molecule has 0 radical (unpaired) electrons. The van der Waals surface area contributed by atoms with Crippen molar-refractivity contribution in [1.29, 1.82) is 0 Å². The van der Waals surface area contributed by atoms with E-state index >= 15 is 0 Å². The maximum absolute atomic E-state index is 13.1. The molecule has 228 valence electrons. The smallest absolute Gasteiger partial charge is 0.241 e. The van der Waals surface area contributed by atoms with Crippen molar-refractivity contribution in [2.24, 2.45) is 5.41 Å². The molecule has 0 unspecified atom stereocenters. The Kier molecular flexibility index (Phi) is 11.5. The molecular formula is C33H39Cl2N5O3. The first-order valence-corrected chi connectivity index (χ1v) is 14.0. The lowest BCUT2D eigenvalue weighted by Gasteiger charge is -2.25. The largest absolute Gasteiger partial charge is 0.493 e. The van der Waals surface area contributed by atoms with Crippen LogP contribution >= 0.6 is 24.8 Å². The molecule has 8 nitrogen and oxygen atoms in total. The molecule has 5 rings (SSSR count). The van der Waals surface area contributed by atoms with Crippen LogP contribution in [-0.2, 0) is 22.6 Å². The van der Waals surface area contributed by atoms with E-state index in [1.807, 2.05) is 48.8 Å². The topological polar surface area (TPSA) is 78.9 Å². The number of nitrogens with zero attached hydrogens (tertiary/aromatic N) is 5. The van der Waals surface area contributed by atoms with E-state index in [2.05, 4.69) is 39.1 Å². The predicted octanol–water partition coefficient (Wildman–Crippen LogP) is 5.95. The van der Waals surface area contributed by atoms with Crippen molar-refractivity contribution in [2.45, 2.75) is 33.2 Å². The van der Waals surface area contributed by atoms with Crippen molar-refractivity contribution in [3.8, 4) is 5.75 Å². The number of anilines is 2. The van der Waals surface area contributed by atoms with E-state index in [1.54, 1.807) is 43.9 Å². The number of para-hydroxylation sites is 1. The summed E-state index contributed by atoms with van der Waals surface area (Å²) in [5.41, 5.74) is 3.68. The Morgan fingerprint density at radius 3 is 2.35 bits per heavy atom. The quantitative estimate of drug-likeness (QED) is 0.160. The van der Waals surface area contributed by atoms with E-state index in [0.717, 1.165) is 38.0 Å². The molecule has 0 saturated heterocycles. The van der Waals surface area contributed by atoms with Gasteiger partial charge in [-0.25, -0.2) is 0 Å². The van der Waals surface area contributed by atoms with E-state index < -0.39 is 5.41 Å². The summed E-state index contributed by atoms with van der Waals surface area (Å²) in [5.74, 6) is 0.208. The van der Waals surface area contributed by atoms with E-state index in [1.165, 1.54) is 16.5 Å². The van der Waals surface area contributed by atoms with Crippen LogP contribution in [0.1, 0.15) is 31.4 Å². The maximum atomic E-state index is 13.1. The molecule has 3 heterocycles. The average molecular weight is 625 g/mol. The summed E-state index contributed by atoms with van der Waals surface area (Å²) in [6.07, 6.45) is 7.34. The van der Waals surface area contributed by atoms with Crippen LogP contribution in [0.25, 0.3) is 10.9 Å². The number of hydrogen-bond donors (Lipinski definition) is 0. The first-order valence-electron chi connectivity index (χ1n) is 14.0. The number of carbonyl (C=O) groups excluding carboxylic acids is 2. The fraction of sp³-hybridized carbons (Fsp3) is 0.333. The number of fused-ring (bicyclic) bond motifs is 2. The summed E-state index contributed by atoms with van der Waals surface area (Å²) in [6, 6.07) is 20.0. The van der Waals surface area contributed by atoms with Crippen LogP contribution in [0.3, 0.4) is 0 Å². The molecule has 10 heteroatoms. The van der Waals surface area contributed by atoms with Gasteiger partial charge in [0.15, 0.2) is 0 Å². The summed E-state index contributed by atoms with van der Waals surface area (Å²) in [7, 11) is 3.42. The van der Waals surface area contributed by atoms with Crippen molar-refractivity contribution >= 4 is 58.9 Å². The van der Waals surface area contributed by atoms with Crippen molar-refractivity contribution in [3.05, 3.63) is 90.4 Å². The third kappa shape index (κ3) is 7.44. The Bertz CT molecular complexity index is 1550. The lowest BCUT2D eigenvalue weighted by atomic mass is 9.90. The van der Waals surface area contributed by atoms with Crippen LogP contribution in [0.5, 0.6) is 5.75 Å². The number of amides is 2. The van der Waals surface area contributed by atoms with Gasteiger partial charge in [0, 0.05) is 63.8 Å². The van der Waals surface area contributed by atoms with Gasteiger partial charge in [0.1, 0.15) is 11.2 Å². The monoisotopic (exact) mass is 623 g/mol. The highest BCUT2D eigenvalue weighted by Crippen LogP contribution is 2.39. The normalized spacial score (nSPS) is 14.2. The third-order valence-electron chi connectivity index (χ3n) is 7.81. The SMILES string of the molecule is CN1C(=O)C(C)(C)C(=O)N(C)c2cc(OCCCN(CCc3cccnc3)Cc3ccnc4ccccc34)ccc21.Cl.Cl. The van der Waals surface area contributed by atoms with Gasteiger partial charge in [-0.2, -0.15) is 0 Å². The van der Waals surface area contributed by atoms with E-state index in [9.17, 15) is 9.59 Å². The van der Waals surface area contributed by atoms with Crippen LogP contribution in [0.15, 0.2) is 79.3 Å². The van der Waals surface area contributed by atoms with Crippen LogP contribution < -0.4 is 14.5 Å². The van der Waals surface area contributed by atoms with Crippen molar-refractivity contribution < 1.29 is 14.3 Å². The minimum atomic E-state index is -1.14. The molecule has 1 aliphatic heterocycles. The maximum Gasteiger partial charge on any atom is 0.241 e. The number of halogens is 2. The fourth-order valence-electron chi connectivity index (χ4n) is 5.41. The van der Waals surface area contributed by atoms with Crippen molar-refractivity contribution in [2.75, 3.05) is 43.6 Å². The molecule has 0 bridgehead atoms. The second kappa shape index (κ2) is 14.6. The van der Waals surface area contributed by atoms with Gasteiger partial charge in [-0.1, -0.05) is 24.3 Å². The van der Waals surface area contributed by atoms with E-state index in [0.29, 0.717) is 23.7 Å². The highest BCUT2D eigenvalue weighted by atomic mass is 35.5. The Hall–Kier alpha value is -3.72. The number of rotatable bonds is 10. The average Bonchev–Trinajstić information content (AvgIpc) is 3.04. The molecule has 4 aromatic rings. The van der Waals surface area contributed by atoms with Gasteiger partial charge in [0.05, 0.1) is 23.5 Å². The summed E-state index contributed by atoms with van der Waals surface area (Å²) in [5, 5.41) is 1.17. The Morgan fingerprint density at radius 1 is 0.860 bits per heavy atom. The first kappa shape index (κ1) is 33.8. The minimum Gasteiger partial charge on any atom is -0.493 e. The summed E-state index contributed by atoms with van der Waals surface area (Å²) in [4.78, 5) is 40.3. The number of aromatic nitrogens is 2. The molecule has 0 N–H and O–H groups in total. The standard InChI is InChI=1S/C33H37N5O3.2ClH/c1-33(2)31(39)36(3)29-13-12-26(21-30(29)37(4)32(33)40)41-20-8-18-38(19-15-24-9-7-16-34-22-24)23-25-14-17-35-28-11-6-5-10-27(25)28;;/h5-7,9-14,16-17,21-22H,8,15,18-20,23H2,1-4H3;2*1H. The van der Waals surface area contributed by atoms with Crippen LogP contribution in [0.4, 0.5) is 11.4 Å². The highest BCUT2D eigenvalue weighted by molar-refractivity contribution is 6.19. The molecule has 1 aliphatic rings. The lowest BCUT2D eigenvalue weighted by molar-refractivity contribution is -0.137. The number of hydrogen-bond acceptors (Lipinski definition) is 6. The van der Waals surface area contributed by atoms with Crippen LogP contribution in [0.2, 0.25) is 0 Å². The molecule has 0 spiro atoms. The molecule has 2 amide bonds. The number of benzene rings is 2. The summed E-state index contributed by atoms with van der Waals surface area (Å²) in [6.45, 7) is 6.42. The third-order valence-corrected chi connectivity index (χ3v) is 7.81. The molecule has 0 saturated carbocycles. The van der Waals surface area contributed by atoms with Crippen LogP contribution in [-0.4, -0.2) is 60.5 Å². The second-order valence-electron chi connectivity index (χ2n) is 11.1. The lowest BCUT2D eigenvalue weighted by Crippen LogP contribution is -2.46. The zero-order valence-electron chi connectivity index (χ0n) is 25.0. The van der Waals surface area contributed by atoms with Gasteiger partial charge in [-0.15, -0.1) is 24.8 Å². The fourth-order valence-corrected chi connectivity index (χ4v) is 5.41. The number of ether oxygens (including phenoxy) is 1. The molecule has 43 heavy (non-hydrogen) atoms. The van der Waals surface area contributed by atoms with Crippen molar-refractivity contribution in [1.82, 2.24) is 14.9 Å². The molecule has 0 atom stereocenters. The summed E-state index contributed by atoms with van der Waals surface area (Å²) < 4.78 is 6.16. The molecule has 2 aromatic carbocycles. The van der Waals surface area contributed by atoms with Gasteiger partial charge in [-0.05, 0) is 68.1 Å². The number of carbonyl (C=O) groups is 2. The zero-order chi connectivity index (χ0) is 29.0. The first-order chi connectivity index (χ1) is 19.8. The second-order valence-corrected chi connectivity index (χ2v) is 11.1. The highest BCUT2D eigenvalue weighted by Gasteiger charge is 2.44. The van der Waals surface area contributed by atoms with Gasteiger partial charge < -0.3 is 14.5 Å². The zero-order valence-corrected chi connectivity index (χ0v) is 26.7. The van der Waals surface area contributed by atoms with Gasteiger partial charge >= 0.3 is 0 Å². The Labute approximate surface area is 265 Å². The Balaban J connectivity index is 0.00000253. The predicted molar refractivity (Wildman–Crippen MR) is 177 cm³/mol. The van der Waals surface area contributed by atoms with E-state index in [-0.39, 0.29) is 36.6 Å². The minimum absolute atomic E-state index is 0. The Morgan fingerprint density at radius 2 is 1.60 bits per heavy atom. The molecule has 0 fully saturated rings. The van der Waals surface area contributed by atoms with Gasteiger partial charge in [-0.3, -0.25) is 24.5 Å². The van der Waals surface area contributed by atoms with Gasteiger partial charge in [0.2, 0.25) is 11.8 Å².